The minimum atomic E-state index is -0.459. The molecule has 0 unspecified atom stereocenters. The van der Waals surface area contributed by atoms with Crippen LogP contribution in [0.1, 0.15) is 79.5 Å². The van der Waals surface area contributed by atoms with Crippen LogP contribution in [-0.4, -0.2) is 25.2 Å². The lowest BCUT2D eigenvalue weighted by Gasteiger charge is -2.08. The Morgan fingerprint density at radius 2 is 1.20 bits per heavy atom. The SMILES string of the molecule is CCCCCCCCOc1ccc(C(=O)Oc2ccc(C(=O)OCCC)cc2)cc1. The van der Waals surface area contributed by atoms with Gasteiger partial charge in [-0.15, -0.1) is 0 Å². The van der Waals surface area contributed by atoms with Crippen molar-refractivity contribution in [1.29, 1.82) is 0 Å². The van der Waals surface area contributed by atoms with Crippen molar-refractivity contribution in [2.24, 2.45) is 0 Å². The third-order valence-electron chi connectivity index (χ3n) is 4.59. The molecule has 0 aliphatic carbocycles. The predicted octanol–water partition coefficient (Wildman–Crippen LogP) is 6.21. The summed E-state index contributed by atoms with van der Waals surface area (Å²) in [5.74, 6) is 0.274. The maximum atomic E-state index is 12.3. The maximum Gasteiger partial charge on any atom is 0.343 e. The first kappa shape index (κ1) is 23.5. The van der Waals surface area contributed by atoms with E-state index in [9.17, 15) is 9.59 Å². The first-order valence-electron chi connectivity index (χ1n) is 10.9. The topological polar surface area (TPSA) is 61.8 Å². The number of hydrogen-bond acceptors (Lipinski definition) is 5. The van der Waals surface area contributed by atoms with Crippen LogP contribution in [-0.2, 0) is 4.74 Å². The van der Waals surface area contributed by atoms with Crippen LogP contribution in [0, 0.1) is 0 Å². The Balaban J connectivity index is 1.77. The molecule has 162 valence electrons. The number of unbranched alkanes of at least 4 members (excludes halogenated alkanes) is 5. The molecule has 30 heavy (non-hydrogen) atoms. The van der Waals surface area contributed by atoms with E-state index in [-0.39, 0.29) is 5.97 Å². The summed E-state index contributed by atoms with van der Waals surface area (Å²) in [6, 6.07) is 13.3. The first-order chi connectivity index (χ1) is 14.6. The first-order valence-corrected chi connectivity index (χ1v) is 10.9. The van der Waals surface area contributed by atoms with Crippen LogP contribution >= 0.6 is 0 Å². The fraction of sp³-hybridized carbons (Fsp3) is 0.440. The maximum absolute atomic E-state index is 12.3. The average molecular weight is 413 g/mol. The van der Waals surface area contributed by atoms with E-state index in [2.05, 4.69) is 6.92 Å². The van der Waals surface area contributed by atoms with E-state index in [1.54, 1.807) is 48.5 Å². The number of esters is 2. The van der Waals surface area contributed by atoms with Crippen molar-refractivity contribution < 1.29 is 23.8 Å². The van der Waals surface area contributed by atoms with Gasteiger partial charge in [0.25, 0.3) is 0 Å². The molecule has 5 nitrogen and oxygen atoms in total. The molecule has 0 amide bonds. The lowest BCUT2D eigenvalue weighted by atomic mass is 10.1. The summed E-state index contributed by atoms with van der Waals surface area (Å²) in [7, 11) is 0. The molecule has 0 saturated carbocycles. The second kappa shape index (κ2) is 13.4. The fourth-order valence-electron chi connectivity index (χ4n) is 2.86. The van der Waals surface area contributed by atoms with E-state index in [1.807, 2.05) is 6.92 Å². The molecular formula is C25H32O5. The zero-order valence-corrected chi connectivity index (χ0v) is 18.0. The molecule has 0 aliphatic heterocycles. The number of rotatable bonds is 13. The highest BCUT2D eigenvalue weighted by Gasteiger charge is 2.11. The summed E-state index contributed by atoms with van der Waals surface area (Å²) in [6.45, 7) is 5.21. The molecule has 2 aromatic rings. The van der Waals surface area contributed by atoms with Crippen LogP contribution < -0.4 is 9.47 Å². The highest BCUT2D eigenvalue weighted by atomic mass is 16.5. The highest BCUT2D eigenvalue weighted by molar-refractivity contribution is 5.92. The van der Waals surface area contributed by atoms with E-state index in [4.69, 9.17) is 14.2 Å². The Bertz CT molecular complexity index is 765. The van der Waals surface area contributed by atoms with Gasteiger partial charge in [-0.05, 0) is 61.4 Å². The van der Waals surface area contributed by atoms with Crippen LogP contribution in [0.3, 0.4) is 0 Å². The molecule has 5 heteroatoms. The Hall–Kier alpha value is -2.82. The second-order valence-electron chi connectivity index (χ2n) is 7.19. The zero-order valence-electron chi connectivity index (χ0n) is 18.0. The normalized spacial score (nSPS) is 10.5. The Kier molecular flexibility index (Phi) is 10.5. The van der Waals surface area contributed by atoms with Crippen molar-refractivity contribution in [1.82, 2.24) is 0 Å². The van der Waals surface area contributed by atoms with Gasteiger partial charge in [0.1, 0.15) is 11.5 Å². The van der Waals surface area contributed by atoms with Gasteiger partial charge in [0.05, 0.1) is 24.3 Å². The molecule has 0 atom stereocenters. The van der Waals surface area contributed by atoms with Gasteiger partial charge >= 0.3 is 11.9 Å². The number of ether oxygens (including phenoxy) is 3. The van der Waals surface area contributed by atoms with Gasteiger partial charge in [-0.1, -0.05) is 46.0 Å². The van der Waals surface area contributed by atoms with Crippen LogP contribution in [0.25, 0.3) is 0 Å². The Morgan fingerprint density at radius 1 is 0.633 bits per heavy atom. The number of carbonyl (C=O) groups excluding carboxylic acids is 2. The van der Waals surface area contributed by atoms with Gasteiger partial charge < -0.3 is 14.2 Å². The van der Waals surface area contributed by atoms with E-state index in [1.165, 1.54) is 32.1 Å². The summed E-state index contributed by atoms with van der Waals surface area (Å²) in [5, 5.41) is 0. The van der Waals surface area contributed by atoms with Crippen LogP contribution in [0.5, 0.6) is 11.5 Å². The smallest absolute Gasteiger partial charge is 0.343 e. The lowest BCUT2D eigenvalue weighted by Crippen LogP contribution is -2.09. The molecule has 0 aromatic heterocycles. The minimum absolute atomic E-state index is 0.371. The van der Waals surface area contributed by atoms with Crippen molar-refractivity contribution in [2.75, 3.05) is 13.2 Å². The third kappa shape index (κ3) is 8.27. The summed E-state index contributed by atoms with van der Waals surface area (Å²) >= 11 is 0. The van der Waals surface area contributed by atoms with E-state index in [0.29, 0.717) is 30.1 Å². The summed E-state index contributed by atoms with van der Waals surface area (Å²) in [4.78, 5) is 24.1. The molecule has 2 aromatic carbocycles. The van der Waals surface area contributed by atoms with Crippen molar-refractivity contribution in [3.8, 4) is 11.5 Å². The predicted molar refractivity (Wildman–Crippen MR) is 117 cm³/mol. The van der Waals surface area contributed by atoms with Gasteiger partial charge in [0.2, 0.25) is 0 Å². The van der Waals surface area contributed by atoms with Gasteiger partial charge in [-0.3, -0.25) is 0 Å². The number of hydrogen-bond donors (Lipinski definition) is 0. The lowest BCUT2D eigenvalue weighted by molar-refractivity contribution is 0.0505. The van der Waals surface area contributed by atoms with Gasteiger partial charge in [0.15, 0.2) is 0 Å². The monoisotopic (exact) mass is 412 g/mol. The van der Waals surface area contributed by atoms with Gasteiger partial charge in [-0.2, -0.15) is 0 Å². The molecule has 0 aliphatic rings. The molecule has 0 heterocycles. The molecule has 0 radical (unpaired) electrons. The molecule has 0 N–H and O–H groups in total. The van der Waals surface area contributed by atoms with Crippen molar-refractivity contribution in [3.63, 3.8) is 0 Å². The number of carbonyl (C=O) groups is 2. The standard InChI is InChI=1S/C25H32O5/c1-3-5-6-7-8-9-19-28-22-14-10-21(11-15-22)25(27)30-23-16-12-20(13-17-23)24(26)29-18-4-2/h10-17H,3-9,18-19H2,1-2H3. The van der Waals surface area contributed by atoms with Crippen LogP contribution in [0.2, 0.25) is 0 Å². The quantitative estimate of drug-likeness (QED) is 0.222. The minimum Gasteiger partial charge on any atom is -0.494 e. The molecular weight excluding hydrogens is 380 g/mol. The zero-order chi connectivity index (χ0) is 21.6. The van der Waals surface area contributed by atoms with Crippen molar-refractivity contribution in [2.45, 2.75) is 58.8 Å². The van der Waals surface area contributed by atoms with E-state index < -0.39 is 5.97 Å². The van der Waals surface area contributed by atoms with Crippen LogP contribution in [0.15, 0.2) is 48.5 Å². The van der Waals surface area contributed by atoms with Gasteiger partial charge in [0, 0.05) is 0 Å². The third-order valence-corrected chi connectivity index (χ3v) is 4.59. The number of benzene rings is 2. The molecule has 0 bridgehead atoms. The van der Waals surface area contributed by atoms with Crippen molar-refractivity contribution >= 4 is 11.9 Å². The molecule has 0 saturated heterocycles. The second-order valence-corrected chi connectivity index (χ2v) is 7.19. The van der Waals surface area contributed by atoms with Crippen molar-refractivity contribution in [3.05, 3.63) is 59.7 Å². The summed E-state index contributed by atoms with van der Waals surface area (Å²) in [5.41, 5.74) is 0.864. The largest absolute Gasteiger partial charge is 0.494 e. The van der Waals surface area contributed by atoms with Gasteiger partial charge in [-0.25, -0.2) is 9.59 Å². The summed E-state index contributed by atoms with van der Waals surface area (Å²) in [6.07, 6.45) is 8.08. The fourth-order valence-corrected chi connectivity index (χ4v) is 2.86. The molecule has 0 spiro atoms. The van der Waals surface area contributed by atoms with E-state index in [0.717, 1.165) is 18.6 Å². The Labute approximate surface area is 179 Å². The molecule has 2 rings (SSSR count). The Morgan fingerprint density at radius 3 is 1.83 bits per heavy atom. The van der Waals surface area contributed by atoms with Crippen LogP contribution in [0.4, 0.5) is 0 Å². The summed E-state index contributed by atoms with van der Waals surface area (Å²) < 4.78 is 16.2. The van der Waals surface area contributed by atoms with E-state index >= 15 is 0 Å². The molecule has 0 fully saturated rings. The average Bonchev–Trinajstić information content (AvgIpc) is 2.77. The highest BCUT2D eigenvalue weighted by Crippen LogP contribution is 2.17.